The Balaban J connectivity index is 2.67. The molecule has 0 bridgehead atoms. The smallest absolute Gasteiger partial charge is 0.296 e. The van der Waals surface area contributed by atoms with Crippen molar-refractivity contribution in [1.29, 1.82) is 0 Å². The van der Waals surface area contributed by atoms with E-state index >= 15 is 0 Å². The van der Waals surface area contributed by atoms with E-state index in [2.05, 4.69) is 5.32 Å². The van der Waals surface area contributed by atoms with Gasteiger partial charge in [0, 0.05) is 0 Å². The molecule has 72 valence electrons. The number of ether oxygens (including phenoxy) is 1. The Labute approximate surface area is 79.3 Å². The van der Waals surface area contributed by atoms with E-state index in [1.54, 1.807) is 0 Å². The van der Waals surface area contributed by atoms with Crippen molar-refractivity contribution in [3.63, 3.8) is 0 Å². The summed E-state index contributed by atoms with van der Waals surface area (Å²) in [5, 5.41) is 11.7. The van der Waals surface area contributed by atoms with E-state index in [0.29, 0.717) is 0 Å². The summed E-state index contributed by atoms with van der Waals surface area (Å²) >= 11 is 0. The van der Waals surface area contributed by atoms with Crippen molar-refractivity contribution in [3.05, 3.63) is 17.7 Å². The van der Waals surface area contributed by atoms with Gasteiger partial charge in [-0.15, -0.1) is 0 Å². The molecule has 0 spiro atoms. The van der Waals surface area contributed by atoms with Gasteiger partial charge in [-0.3, -0.25) is 9.59 Å². The molecular formula is C9H7NO4. The third-order valence-corrected chi connectivity index (χ3v) is 2.03. The summed E-state index contributed by atoms with van der Waals surface area (Å²) in [4.78, 5) is 22.2. The van der Waals surface area contributed by atoms with Gasteiger partial charge in [-0.25, -0.2) is 0 Å². The van der Waals surface area contributed by atoms with E-state index in [1.807, 2.05) is 0 Å². The second-order valence-electron chi connectivity index (χ2n) is 2.82. The molecule has 1 aliphatic heterocycles. The molecule has 1 heterocycles. The fourth-order valence-corrected chi connectivity index (χ4v) is 1.38. The lowest BCUT2D eigenvalue weighted by molar-refractivity contribution is -0.112. The minimum atomic E-state index is -0.705. The van der Waals surface area contributed by atoms with Gasteiger partial charge in [0.15, 0.2) is 11.5 Å². The molecule has 14 heavy (non-hydrogen) atoms. The van der Waals surface area contributed by atoms with Gasteiger partial charge in [-0.1, -0.05) is 0 Å². The molecular weight excluding hydrogens is 186 g/mol. The third-order valence-electron chi connectivity index (χ3n) is 2.03. The molecule has 0 aromatic heterocycles. The topological polar surface area (TPSA) is 75.6 Å². The molecule has 1 aromatic rings. The zero-order valence-corrected chi connectivity index (χ0v) is 7.33. The fourth-order valence-electron chi connectivity index (χ4n) is 1.38. The van der Waals surface area contributed by atoms with E-state index < -0.39 is 11.7 Å². The highest BCUT2D eigenvalue weighted by atomic mass is 16.5. The number of hydrogen-bond acceptors (Lipinski definition) is 4. The first-order valence-electron chi connectivity index (χ1n) is 3.90. The molecule has 0 unspecified atom stereocenters. The number of nitrogens with one attached hydrogen (secondary N) is 1. The number of fused-ring (bicyclic) bond motifs is 1. The lowest BCUT2D eigenvalue weighted by Gasteiger charge is -2.07. The van der Waals surface area contributed by atoms with Crippen LogP contribution in [0.3, 0.4) is 0 Å². The standard InChI is InChI=1S/C9H7NO4/c1-14-8-5(11)3-2-4-6(8)10-9(13)7(4)12/h2-3,11H,1H3,(H,10,12,13). The van der Waals surface area contributed by atoms with Gasteiger partial charge in [-0.2, -0.15) is 0 Å². The molecule has 0 fully saturated rings. The molecule has 2 N–H and O–H groups in total. The van der Waals surface area contributed by atoms with Gasteiger partial charge in [-0.05, 0) is 12.1 Å². The van der Waals surface area contributed by atoms with Gasteiger partial charge in [0.25, 0.3) is 11.7 Å². The van der Waals surface area contributed by atoms with Gasteiger partial charge in [0.05, 0.1) is 18.4 Å². The number of Topliss-reactive ketones (excluding diaryl/α,β-unsaturated/α-hetero) is 1. The summed E-state index contributed by atoms with van der Waals surface area (Å²) in [5.74, 6) is -1.31. The summed E-state index contributed by atoms with van der Waals surface area (Å²) < 4.78 is 4.87. The Bertz CT molecular complexity index is 439. The van der Waals surface area contributed by atoms with Gasteiger partial charge >= 0.3 is 0 Å². The molecule has 5 nitrogen and oxygen atoms in total. The average Bonchev–Trinajstić information content (AvgIpc) is 2.43. The van der Waals surface area contributed by atoms with E-state index in [1.165, 1.54) is 19.2 Å². The van der Waals surface area contributed by atoms with Gasteiger partial charge < -0.3 is 15.2 Å². The van der Waals surface area contributed by atoms with Crippen LogP contribution in [-0.2, 0) is 4.79 Å². The maximum Gasteiger partial charge on any atom is 0.296 e. The highest BCUT2D eigenvalue weighted by Crippen LogP contribution is 2.39. The van der Waals surface area contributed by atoms with Crippen LogP contribution in [0.2, 0.25) is 0 Å². The van der Waals surface area contributed by atoms with Crippen LogP contribution in [-0.4, -0.2) is 23.9 Å². The molecule has 1 aliphatic rings. The number of benzene rings is 1. The number of aromatic hydroxyl groups is 1. The maximum atomic E-state index is 11.2. The Kier molecular flexibility index (Phi) is 1.67. The minimum Gasteiger partial charge on any atom is -0.504 e. The normalized spacial score (nSPS) is 13.8. The molecule has 0 aliphatic carbocycles. The molecule has 0 radical (unpaired) electrons. The predicted octanol–water partition coefficient (Wildman–Crippen LogP) is 0.536. The molecule has 0 saturated carbocycles. The summed E-state index contributed by atoms with van der Waals surface area (Å²) in [5.41, 5.74) is 0.465. The first-order valence-corrected chi connectivity index (χ1v) is 3.90. The van der Waals surface area contributed by atoms with Crippen molar-refractivity contribution < 1.29 is 19.4 Å². The van der Waals surface area contributed by atoms with Crippen LogP contribution < -0.4 is 10.1 Å². The van der Waals surface area contributed by atoms with Crippen molar-refractivity contribution in [3.8, 4) is 11.5 Å². The predicted molar refractivity (Wildman–Crippen MR) is 47.6 cm³/mol. The summed E-state index contributed by atoms with van der Waals surface area (Å²) in [7, 11) is 1.35. The largest absolute Gasteiger partial charge is 0.504 e. The summed E-state index contributed by atoms with van der Waals surface area (Å²) in [6, 6.07) is 2.70. The van der Waals surface area contributed by atoms with E-state index in [9.17, 15) is 14.7 Å². The molecule has 0 saturated heterocycles. The lowest BCUT2D eigenvalue weighted by atomic mass is 10.1. The number of carbonyl (C=O) groups excluding carboxylic acids is 2. The number of rotatable bonds is 1. The lowest BCUT2D eigenvalue weighted by Crippen LogP contribution is -2.12. The molecule has 0 atom stereocenters. The molecule has 5 heteroatoms. The zero-order valence-electron chi connectivity index (χ0n) is 7.33. The number of methoxy groups -OCH3 is 1. The molecule has 2 rings (SSSR count). The van der Waals surface area contributed by atoms with Crippen molar-refractivity contribution in [2.24, 2.45) is 0 Å². The SMILES string of the molecule is COc1c(O)ccc2c1NC(=O)C2=O. The fraction of sp³-hybridized carbons (Fsp3) is 0.111. The van der Waals surface area contributed by atoms with Crippen molar-refractivity contribution in [2.45, 2.75) is 0 Å². The van der Waals surface area contributed by atoms with Crippen LogP contribution in [0.15, 0.2) is 12.1 Å². The van der Waals surface area contributed by atoms with E-state index in [4.69, 9.17) is 4.74 Å². The zero-order chi connectivity index (χ0) is 10.3. The van der Waals surface area contributed by atoms with E-state index in [0.717, 1.165) is 0 Å². The van der Waals surface area contributed by atoms with Crippen LogP contribution in [0.25, 0.3) is 0 Å². The van der Waals surface area contributed by atoms with E-state index in [-0.39, 0.29) is 22.7 Å². The maximum absolute atomic E-state index is 11.2. The Morgan fingerprint density at radius 1 is 1.36 bits per heavy atom. The Hall–Kier alpha value is -2.04. The average molecular weight is 193 g/mol. The van der Waals surface area contributed by atoms with Crippen LogP contribution >= 0.6 is 0 Å². The first-order chi connectivity index (χ1) is 6.65. The van der Waals surface area contributed by atoms with Crippen LogP contribution in [0.4, 0.5) is 5.69 Å². The van der Waals surface area contributed by atoms with Gasteiger partial charge in [0.2, 0.25) is 0 Å². The van der Waals surface area contributed by atoms with Crippen LogP contribution in [0.1, 0.15) is 10.4 Å². The number of ketones is 1. The second-order valence-corrected chi connectivity index (χ2v) is 2.82. The number of phenols is 1. The number of phenolic OH excluding ortho intramolecular Hbond substituents is 1. The van der Waals surface area contributed by atoms with Crippen molar-refractivity contribution in [1.82, 2.24) is 0 Å². The number of anilines is 1. The van der Waals surface area contributed by atoms with Crippen LogP contribution in [0.5, 0.6) is 11.5 Å². The van der Waals surface area contributed by atoms with Crippen molar-refractivity contribution >= 4 is 17.4 Å². The third kappa shape index (κ3) is 0.953. The van der Waals surface area contributed by atoms with Crippen LogP contribution in [0, 0.1) is 0 Å². The molecule has 1 aromatic carbocycles. The minimum absolute atomic E-state index is 0.110. The van der Waals surface area contributed by atoms with Crippen molar-refractivity contribution in [2.75, 3.05) is 12.4 Å². The second kappa shape index (κ2) is 2.73. The highest BCUT2D eigenvalue weighted by molar-refractivity contribution is 6.52. The highest BCUT2D eigenvalue weighted by Gasteiger charge is 2.31. The number of amides is 1. The number of hydrogen-bond donors (Lipinski definition) is 2. The Morgan fingerprint density at radius 3 is 2.71 bits per heavy atom. The number of carbonyl (C=O) groups is 2. The molecule has 1 amide bonds. The summed E-state index contributed by atoms with van der Waals surface area (Å²) in [6.45, 7) is 0. The summed E-state index contributed by atoms with van der Waals surface area (Å²) in [6.07, 6.45) is 0. The van der Waals surface area contributed by atoms with Gasteiger partial charge in [0.1, 0.15) is 0 Å². The quantitative estimate of drug-likeness (QED) is 0.638. The monoisotopic (exact) mass is 193 g/mol. The first kappa shape index (κ1) is 8.55. The Morgan fingerprint density at radius 2 is 2.07 bits per heavy atom.